The van der Waals surface area contributed by atoms with Crippen LogP contribution < -0.4 is 5.32 Å². The van der Waals surface area contributed by atoms with Crippen LogP contribution in [0.4, 0.5) is 0 Å². The summed E-state index contributed by atoms with van der Waals surface area (Å²) in [6, 6.07) is 0. The fourth-order valence-corrected chi connectivity index (χ4v) is 3.49. The zero-order chi connectivity index (χ0) is 11.0. The van der Waals surface area contributed by atoms with Gasteiger partial charge in [-0.25, -0.2) is 0 Å². The molecule has 1 atom stereocenters. The molecular formula is C13H21NO2. The first-order valence-corrected chi connectivity index (χ1v) is 6.64. The largest absolute Gasteiger partial charge is 0.381 e. The predicted octanol–water partition coefficient (Wildman–Crippen LogP) is 1.37. The molecule has 16 heavy (non-hydrogen) atoms. The number of carbonyl (C=O) groups excluding carboxylic acids is 1. The van der Waals surface area contributed by atoms with Gasteiger partial charge in [0, 0.05) is 25.0 Å². The number of carbonyl (C=O) groups is 1. The van der Waals surface area contributed by atoms with E-state index in [1.807, 2.05) is 0 Å². The van der Waals surface area contributed by atoms with E-state index in [2.05, 4.69) is 5.32 Å². The maximum absolute atomic E-state index is 12.4. The molecule has 3 nitrogen and oxygen atoms in total. The van der Waals surface area contributed by atoms with Crippen molar-refractivity contribution in [1.82, 2.24) is 5.32 Å². The van der Waals surface area contributed by atoms with E-state index in [0.717, 1.165) is 39.1 Å². The summed E-state index contributed by atoms with van der Waals surface area (Å²) in [4.78, 5) is 12.4. The van der Waals surface area contributed by atoms with Crippen molar-refractivity contribution in [2.75, 3.05) is 26.3 Å². The van der Waals surface area contributed by atoms with Gasteiger partial charge in [0.25, 0.3) is 0 Å². The number of ketones is 1. The van der Waals surface area contributed by atoms with Gasteiger partial charge in [0.1, 0.15) is 5.78 Å². The Morgan fingerprint density at radius 3 is 2.56 bits per heavy atom. The molecule has 2 saturated heterocycles. The molecule has 3 heteroatoms. The van der Waals surface area contributed by atoms with Crippen molar-refractivity contribution in [1.29, 1.82) is 0 Å². The van der Waals surface area contributed by atoms with Crippen LogP contribution in [0.1, 0.15) is 32.1 Å². The van der Waals surface area contributed by atoms with Gasteiger partial charge in [0.15, 0.2) is 0 Å². The van der Waals surface area contributed by atoms with Crippen molar-refractivity contribution < 1.29 is 9.53 Å². The van der Waals surface area contributed by atoms with Crippen molar-refractivity contribution in [3.05, 3.63) is 0 Å². The summed E-state index contributed by atoms with van der Waals surface area (Å²) >= 11 is 0. The third kappa shape index (κ3) is 1.80. The molecule has 1 unspecified atom stereocenters. The highest BCUT2D eigenvalue weighted by Gasteiger charge is 2.58. The molecule has 0 bridgehead atoms. The first-order valence-electron chi connectivity index (χ1n) is 6.64. The van der Waals surface area contributed by atoms with Crippen molar-refractivity contribution >= 4 is 5.78 Å². The maximum Gasteiger partial charge on any atom is 0.139 e. The van der Waals surface area contributed by atoms with Crippen molar-refractivity contribution in [3.8, 4) is 0 Å². The van der Waals surface area contributed by atoms with Gasteiger partial charge >= 0.3 is 0 Å². The second-order valence-electron chi connectivity index (χ2n) is 5.66. The van der Waals surface area contributed by atoms with Crippen LogP contribution in [0.25, 0.3) is 0 Å². The first-order chi connectivity index (χ1) is 7.82. The number of piperidine rings is 1. The molecular weight excluding hydrogens is 202 g/mol. The van der Waals surface area contributed by atoms with E-state index in [1.54, 1.807) is 0 Å². The molecule has 1 aliphatic carbocycles. The van der Waals surface area contributed by atoms with Gasteiger partial charge in [0.05, 0.1) is 0 Å². The average Bonchev–Trinajstić information content (AvgIpc) is 3.04. The molecule has 1 N–H and O–H groups in total. The number of Topliss-reactive ketones (excluding diaryl/α,β-unsaturated/α-hetero) is 1. The summed E-state index contributed by atoms with van der Waals surface area (Å²) in [5.74, 6) is 1.27. The minimum Gasteiger partial charge on any atom is -0.381 e. The molecule has 2 heterocycles. The SMILES string of the molecule is O=C(C1CCOCC1)C1CC12CCNCC2. The fraction of sp³-hybridized carbons (Fsp3) is 0.923. The van der Waals surface area contributed by atoms with E-state index in [4.69, 9.17) is 4.74 Å². The summed E-state index contributed by atoms with van der Waals surface area (Å²) < 4.78 is 5.32. The fourth-order valence-electron chi connectivity index (χ4n) is 3.49. The molecule has 1 saturated carbocycles. The second kappa shape index (κ2) is 4.11. The quantitative estimate of drug-likeness (QED) is 0.768. The summed E-state index contributed by atoms with van der Waals surface area (Å²) in [6.07, 6.45) is 5.53. The molecule has 0 amide bonds. The third-order valence-corrected chi connectivity index (χ3v) is 4.76. The van der Waals surface area contributed by atoms with Crippen LogP contribution in [0.2, 0.25) is 0 Å². The van der Waals surface area contributed by atoms with Crippen LogP contribution in [-0.4, -0.2) is 32.1 Å². The minimum atomic E-state index is 0.313. The summed E-state index contributed by atoms with van der Waals surface area (Å²) in [5.41, 5.74) is 0.417. The lowest BCUT2D eigenvalue weighted by Gasteiger charge is -2.26. The van der Waals surface area contributed by atoms with Crippen LogP contribution in [0.15, 0.2) is 0 Å². The van der Waals surface area contributed by atoms with Crippen LogP contribution in [-0.2, 0) is 9.53 Å². The lowest BCUT2D eigenvalue weighted by molar-refractivity contribution is -0.127. The molecule has 0 aromatic rings. The molecule has 0 radical (unpaired) electrons. The average molecular weight is 223 g/mol. The Morgan fingerprint density at radius 1 is 1.19 bits per heavy atom. The van der Waals surface area contributed by atoms with Crippen LogP contribution in [0.3, 0.4) is 0 Å². The Kier molecular flexibility index (Phi) is 2.76. The Labute approximate surface area is 96.9 Å². The highest BCUT2D eigenvalue weighted by atomic mass is 16.5. The van der Waals surface area contributed by atoms with E-state index in [0.29, 0.717) is 23.0 Å². The van der Waals surface area contributed by atoms with E-state index in [1.165, 1.54) is 19.3 Å². The Morgan fingerprint density at radius 2 is 1.88 bits per heavy atom. The standard InChI is InChI=1S/C13H21NO2/c15-12(10-1-7-16-8-2-10)11-9-13(11)3-5-14-6-4-13/h10-11,14H,1-9H2. The van der Waals surface area contributed by atoms with Crippen molar-refractivity contribution in [2.24, 2.45) is 17.3 Å². The third-order valence-electron chi connectivity index (χ3n) is 4.76. The van der Waals surface area contributed by atoms with Gasteiger partial charge in [-0.2, -0.15) is 0 Å². The second-order valence-corrected chi connectivity index (χ2v) is 5.66. The van der Waals surface area contributed by atoms with Crippen LogP contribution >= 0.6 is 0 Å². The molecule has 1 spiro atoms. The van der Waals surface area contributed by atoms with E-state index >= 15 is 0 Å². The van der Waals surface area contributed by atoms with Crippen molar-refractivity contribution in [3.63, 3.8) is 0 Å². The number of hydrogen-bond donors (Lipinski definition) is 1. The molecule has 0 aromatic heterocycles. The van der Waals surface area contributed by atoms with Crippen molar-refractivity contribution in [2.45, 2.75) is 32.1 Å². The number of hydrogen-bond acceptors (Lipinski definition) is 3. The summed E-state index contributed by atoms with van der Waals surface area (Å²) in [5, 5.41) is 3.39. The first kappa shape index (κ1) is 10.7. The van der Waals surface area contributed by atoms with Gasteiger partial charge in [0.2, 0.25) is 0 Å². The molecule has 3 rings (SSSR count). The van der Waals surface area contributed by atoms with Crippen LogP contribution in [0, 0.1) is 17.3 Å². The lowest BCUT2D eigenvalue weighted by Crippen LogP contribution is -2.32. The zero-order valence-corrected chi connectivity index (χ0v) is 9.84. The number of rotatable bonds is 2. The predicted molar refractivity (Wildman–Crippen MR) is 61.2 cm³/mol. The van der Waals surface area contributed by atoms with E-state index < -0.39 is 0 Å². The Bertz CT molecular complexity index is 278. The minimum absolute atomic E-state index is 0.313. The summed E-state index contributed by atoms with van der Waals surface area (Å²) in [6.45, 7) is 3.80. The molecule has 3 fully saturated rings. The van der Waals surface area contributed by atoms with Gasteiger partial charge in [-0.15, -0.1) is 0 Å². The molecule has 0 aromatic carbocycles. The smallest absolute Gasteiger partial charge is 0.139 e. The lowest BCUT2D eigenvalue weighted by atomic mass is 9.85. The van der Waals surface area contributed by atoms with Gasteiger partial charge in [-0.3, -0.25) is 4.79 Å². The monoisotopic (exact) mass is 223 g/mol. The Balaban J connectivity index is 1.60. The summed E-state index contributed by atoms with van der Waals surface area (Å²) in [7, 11) is 0. The molecule has 2 aliphatic heterocycles. The highest BCUT2D eigenvalue weighted by Crippen LogP contribution is 2.59. The zero-order valence-electron chi connectivity index (χ0n) is 9.84. The van der Waals surface area contributed by atoms with Gasteiger partial charge < -0.3 is 10.1 Å². The van der Waals surface area contributed by atoms with E-state index in [9.17, 15) is 4.79 Å². The highest BCUT2D eigenvalue weighted by molar-refractivity contribution is 5.87. The number of ether oxygens (including phenoxy) is 1. The molecule has 90 valence electrons. The van der Waals surface area contributed by atoms with Crippen LogP contribution in [0.5, 0.6) is 0 Å². The molecule has 3 aliphatic rings. The Hall–Kier alpha value is -0.410. The normalized spacial score (nSPS) is 33.9. The topological polar surface area (TPSA) is 38.3 Å². The van der Waals surface area contributed by atoms with Gasteiger partial charge in [-0.1, -0.05) is 0 Å². The van der Waals surface area contributed by atoms with E-state index in [-0.39, 0.29) is 0 Å². The number of nitrogens with one attached hydrogen (secondary N) is 1. The maximum atomic E-state index is 12.4. The van der Waals surface area contributed by atoms with Gasteiger partial charge in [-0.05, 0) is 50.6 Å².